The average Bonchev–Trinajstić information content (AvgIpc) is 2.93. The molecule has 5 nitrogen and oxygen atoms in total. The van der Waals surface area contributed by atoms with Crippen LogP contribution in [0.2, 0.25) is 0 Å². The lowest BCUT2D eigenvalue weighted by atomic mass is 9.98. The molecule has 0 spiro atoms. The number of carbonyl (C=O) groups excluding carboxylic acids is 2. The van der Waals surface area contributed by atoms with Crippen molar-refractivity contribution in [2.45, 2.75) is 25.4 Å². The van der Waals surface area contributed by atoms with E-state index in [9.17, 15) is 9.59 Å². The second kappa shape index (κ2) is 12.3. The number of amides is 1. The number of esters is 1. The van der Waals surface area contributed by atoms with Crippen LogP contribution in [0.5, 0.6) is 0 Å². The fourth-order valence-corrected chi connectivity index (χ4v) is 4.58. The van der Waals surface area contributed by atoms with Crippen LogP contribution in [0.3, 0.4) is 0 Å². The van der Waals surface area contributed by atoms with Crippen molar-refractivity contribution in [3.05, 3.63) is 102 Å². The van der Waals surface area contributed by atoms with Crippen LogP contribution in [-0.4, -0.2) is 61.0 Å². The van der Waals surface area contributed by atoms with E-state index < -0.39 is 0 Å². The highest BCUT2D eigenvalue weighted by molar-refractivity contribution is 5.94. The third kappa shape index (κ3) is 6.70. The van der Waals surface area contributed by atoms with Crippen LogP contribution in [0.4, 0.5) is 0 Å². The van der Waals surface area contributed by atoms with Gasteiger partial charge in [-0.2, -0.15) is 0 Å². The number of nitrogens with zero attached hydrogens (tertiary/aromatic N) is 2. The third-order valence-corrected chi connectivity index (χ3v) is 6.76. The highest BCUT2D eigenvalue weighted by Crippen LogP contribution is 2.24. The molecule has 1 heterocycles. The molecule has 4 rings (SSSR count). The van der Waals surface area contributed by atoms with Crippen molar-refractivity contribution in [2.24, 2.45) is 0 Å². The second-order valence-electron chi connectivity index (χ2n) is 9.28. The molecule has 0 aliphatic carbocycles. The molecule has 0 atom stereocenters. The summed E-state index contributed by atoms with van der Waals surface area (Å²) < 4.78 is 5.84. The summed E-state index contributed by atoms with van der Waals surface area (Å²) in [6.45, 7) is 6.92. The van der Waals surface area contributed by atoms with Crippen LogP contribution in [-0.2, 0) is 16.0 Å². The number of hydrogen-bond acceptors (Lipinski definition) is 4. The highest BCUT2D eigenvalue weighted by Gasteiger charge is 2.23. The molecule has 3 aromatic rings. The first kappa shape index (κ1) is 25.4. The fraction of sp³-hybridized carbons (Fsp3) is 0.290. The molecule has 1 fully saturated rings. The molecule has 1 aliphatic heterocycles. The predicted molar refractivity (Wildman–Crippen MR) is 145 cm³/mol. The largest absolute Gasteiger partial charge is 0.462 e. The molecule has 0 N–H and O–H groups in total. The Labute approximate surface area is 214 Å². The molecule has 1 saturated heterocycles. The molecule has 186 valence electrons. The Morgan fingerprint density at radius 1 is 0.972 bits per heavy atom. The predicted octanol–water partition coefficient (Wildman–Crippen LogP) is 5.32. The minimum atomic E-state index is -0.176. The van der Waals surface area contributed by atoms with Crippen molar-refractivity contribution in [1.29, 1.82) is 0 Å². The summed E-state index contributed by atoms with van der Waals surface area (Å²) in [7, 11) is 1.84. The maximum Gasteiger partial charge on any atom is 0.310 e. The first-order valence-electron chi connectivity index (χ1n) is 12.6. The minimum Gasteiger partial charge on any atom is -0.462 e. The van der Waals surface area contributed by atoms with Gasteiger partial charge in [-0.3, -0.25) is 9.59 Å². The van der Waals surface area contributed by atoms with Gasteiger partial charge in [0.2, 0.25) is 0 Å². The number of carbonyl (C=O) groups is 2. The minimum absolute atomic E-state index is 0.0187. The molecular formula is C31H34N2O3. The molecule has 0 aromatic heterocycles. The Hall–Kier alpha value is -3.70. The Morgan fingerprint density at radius 2 is 1.64 bits per heavy atom. The Bertz CT molecular complexity index is 1170. The lowest BCUT2D eigenvalue weighted by Gasteiger charge is -2.32. The van der Waals surface area contributed by atoms with E-state index in [4.69, 9.17) is 4.74 Å². The smallest absolute Gasteiger partial charge is 0.310 e. The zero-order valence-electron chi connectivity index (χ0n) is 20.9. The van der Waals surface area contributed by atoms with E-state index in [0.717, 1.165) is 54.7 Å². The molecule has 0 radical (unpaired) electrons. The van der Waals surface area contributed by atoms with Crippen molar-refractivity contribution in [3.63, 3.8) is 0 Å². The second-order valence-corrected chi connectivity index (χ2v) is 9.28. The molecule has 1 aliphatic rings. The van der Waals surface area contributed by atoms with Gasteiger partial charge in [-0.25, -0.2) is 0 Å². The van der Waals surface area contributed by atoms with Crippen LogP contribution < -0.4 is 0 Å². The monoisotopic (exact) mass is 482 g/mol. The maximum atomic E-state index is 12.7. The van der Waals surface area contributed by atoms with Gasteiger partial charge in [-0.1, -0.05) is 79.4 Å². The molecule has 0 saturated carbocycles. The average molecular weight is 483 g/mol. The van der Waals surface area contributed by atoms with Gasteiger partial charge in [0.05, 0.1) is 6.42 Å². The van der Waals surface area contributed by atoms with Crippen molar-refractivity contribution in [3.8, 4) is 11.1 Å². The van der Waals surface area contributed by atoms with Crippen LogP contribution in [0.15, 0.2) is 85.4 Å². The Morgan fingerprint density at radius 3 is 2.33 bits per heavy atom. The van der Waals surface area contributed by atoms with E-state index in [2.05, 4.69) is 29.7 Å². The number of piperidine rings is 1. The molecule has 0 bridgehead atoms. The van der Waals surface area contributed by atoms with Crippen LogP contribution >= 0.6 is 0 Å². The molecule has 5 heteroatoms. The summed E-state index contributed by atoms with van der Waals surface area (Å²) in [6, 6.07) is 25.6. The van der Waals surface area contributed by atoms with Gasteiger partial charge in [0.1, 0.15) is 6.10 Å². The summed E-state index contributed by atoms with van der Waals surface area (Å²) in [5.41, 5.74) is 4.84. The quantitative estimate of drug-likeness (QED) is 0.388. The number of likely N-dealkylation sites (N-methyl/N-ethyl adjacent to an activating group) is 1. The van der Waals surface area contributed by atoms with Gasteiger partial charge >= 0.3 is 5.97 Å². The fourth-order valence-electron chi connectivity index (χ4n) is 4.58. The van der Waals surface area contributed by atoms with Crippen molar-refractivity contribution >= 4 is 18.0 Å². The Balaban J connectivity index is 1.21. The summed E-state index contributed by atoms with van der Waals surface area (Å²) >= 11 is 0. The SMILES string of the molecule is C=Cc1ccc(C(=O)N(C)CCN2CCC(OC(=O)Cc3ccccc3-c3ccccc3)CC2)cc1. The van der Waals surface area contributed by atoms with Gasteiger partial charge in [-0.15, -0.1) is 0 Å². The zero-order valence-corrected chi connectivity index (χ0v) is 20.9. The molecule has 3 aromatic carbocycles. The summed E-state index contributed by atoms with van der Waals surface area (Å²) in [5, 5.41) is 0. The van der Waals surface area contributed by atoms with Crippen molar-refractivity contribution < 1.29 is 14.3 Å². The molecular weight excluding hydrogens is 448 g/mol. The number of ether oxygens (including phenoxy) is 1. The van der Waals surface area contributed by atoms with E-state index in [1.165, 1.54) is 0 Å². The maximum absolute atomic E-state index is 12.7. The van der Waals surface area contributed by atoms with E-state index in [0.29, 0.717) is 12.1 Å². The molecule has 36 heavy (non-hydrogen) atoms. The first-order valence-corrected chi connectivity index (χ1v) is 12.6. The summed E-state index contributed by atoms with van der Waals surface area (Å²) in [4.78, 5) is 29.5. The molecule has 0 unspecified atom stereocenters. The van der Waals surface area contributed by atoms with E-state index in [1.54, 1.807) is 11.0 Å². The van der Waals surface area contributed by atoms with Crippen LogP contribution in [0.1, 0.15) is 34.3 Å². The summed E-state index contributed by atoms with van der Waals surface area (Å²) in [5.74, 6) is -0.158. The van der Waals surface area contributed by atoms with Gasteiger partial charge in [-0.05, 0) is 47.2 Å². The van der Waals surface area contributed by atoms with E-state index in [1.807, 2.05) is 67.7 Å². The topological polar surface area (TPSA) is 49.9 Å². The number of likely N-dealkylation sites (tertiary alicyclic amines) is 1. The lowest BCUT2D eigenvalue weighted by Crippen LogP contribution is -2.42. The highest BCUT2D eigenvalue weighted by atomic mass is 16.5. The van der Waals surface area contributed by atoms with E-state index >= 15 is 0 Å². The standard InChI is InChI=1S/C31H34N2O3/c1-3-24-13-15-26(16-14-24)31(35)32(2)21-22-33-19-17-28(18-20-33)36-30(34)23-27-11-7-8-12-29(27)25-9-5-4-6-10-25/h3-16,28H,1,17-23H2,2H3. The number of hydrogen-bond donors (Lipinski definition) is 0. The summed E-state index contributed by atoms with van der Waals surface area (Å²) in [6.07, 6.45) is 3.61. The van der Waals surface area contributed by atoms with Gasteiger partial charge < -0.3 is 14.5 Å². The van der Waals surface area contributed by atoms with Crippen molar-refractivity contribution in [2.75, 3.05) is 33.2 Å². The third-order valence-electron chi connectivity index (χ3n) is 6.76. The Kier molecular flexibility index (Phi) is 8.69. The normalized spacial score (nSPS) is 14.2. The van der Waals surface area contributed by atoms with Gasteiger partial charge in [0, 0.05) is 38.8 Å². The van der Waals surface area contributed by atoms with Crippen LogP contribution in [0, 0.1) is 0 Å². The molecule has 1 amide bonds. The lowest BCUT2D eigenvalue weighted by molar-refractivity contribution is -0.150. The van der Waals surface area contributed by atoms with Gasteiger partial charge in [0.15, 0.2) is 0 Å². The number of rotatable bonds is 9. The van der Waals surface area contributed by atoms with Crippen LogP contribution in [0.25, 0.3) is 17.2 Å². The zero-order chi connectivity index (χ0) is 25.3. The van der Waals surface area contributed by atoms with E-state index in [-0.39, 0.29) is 24.4 Å². The number of benzene rings is 3. The van der Waals surface area contributed by atoms with Crippen molar-refractivity contribution in [1.82, 2.24) is 9.80 Å². The van der Waals surface area contributed by atoms with Gasteiger partial charge in [0.25, 0.3) is 5.91 Å². The first-order chi connectivity index (χ1) is 17.5.